The number of nitrogens with zero attached hydrogens (tertiary/aromatic N) is 5. The molecule has 1 fully saturated rings. The van der Waals surface area contributed by atoms with Crippen molar-refractivity contribution in [1.82, 2.24) is 24.6 Å². The molecule has 2 aliphatic heterocycles. The zero-order chi connectivity index (χ0) is 23.6. The van der Waals surface area contributed by atoms with Gasteiger partial charge in [0.15, 0.2) is 11.4 Å². The molecule has 0 saturated carbocycles. The van der Waals surface area contributed by atoms with Crippen molar-refractivity contribution in [1.29, 1.82) is 0 Å². The van der Waals surface area contributed by atoms with Crippen molar-refractivity contribution in [2.24, 2.45) is 5.73 Å². The van der Waals surface area contributed by atoms with Gasteiger partial charge >= 0.3 is 0 Å². The molecule has 0 spiro atoms. The molecule has 2 aromatic heterocycles. The van der Waals surface area contributed by atoms with Crippen molar-refractivity contribution in [2.45, 2.75) is 32.2 Å². The summed E-state index contributed by atoms with van der Waals surface area (Å²) in [6.45, 7) is 6.04. The third kappa shape index (κ3) is 3.19. The van der Waals surface area contributed by atoms with E-state index in [9.17, 15) is 0 Å². The molecule has 4 heterocycles. The highest BCUT2D eigenvalue weighted by atomic mass is 16.5. The van der Waals surface area contributed by atoms with E-state index in [-0.39, 0.29) is 6.04 Å². The van der Waals surface area contributed by atoms with E-state index in [1.165, 1.54) is 6.33 Å². The minimum Gasteiger partial charge on any atom is -0.448 e. The number of likely N-dealkylation sites (tertiary alicyclic amines) is 1. The molecule has 9 nitrogen and oxygen atoms in total. The highest BCUT2D eigenvalue weighted by Gasteiger charge is 2.38. The molecule has 2 aliphatic rings. The Morgan fingerprint density at radius 2 is 1.94 bits per heavy atom. The zero-order valence-electron chi connectivity index (χ0n) is 19.5. The van der Waals surface area contributed by atoms with Crippen LogP contribution in [0.4, 0.5) is 11.5 Å². The Morgan fingerprint density at radius 1 is 1.15 bits per heavy atom. The number of nitrogen functional groups attached to an aromatic ring is 1. The van der Waals surface area contributed by atoms with E-state index in [1.54, 1.807) is 0 Å². The van der Waals surface area contributed by atoms with Gasteiger partial charge in [0, 0.05) is 24.2 Å². The number of aromatic nitrogens is 4. The molecule has 0 radical (unpaired) electrons. The van der Waals surface area contributed by atoms with Crippen LogP contribution in [-0.2, 0) is 5.85 Å². The van der Waals surface area contributed by atoms with Crippen LogP contribution in [0.5, 0.6) is 5.75 Å². The Morgan fingerprint density at radius 3 is 2.68 bits per heavy atom. The van der Waals surface area contributed by atoms with Gasteiger partial charge < -0.3 is 20.7 Å². The van der Waals surface area contributed by atoms with Crippen molar-refractivity contribution in [3.8, 4) is 17.0 Å². The molecular formula is C25H28N8O. The van der Waals surface area contributed by atoms with Gasteiger partial charge in [0.25, 0.3) is 5.85 Å². The lowest BCUT2D eigenvalue weighted by Gasteiger charge is -2.25. The molecule has 34 heavy (non-hydrogen) atoms. The predicted molar refractivity (Wildman–Crippen MR) is 132 cm³/mol. The van der Waals surface area contributed by atoms with E-state index in [4.69, 9.17) is 21.3 Å². The average Bonchev–Trinajstić information content (AvgIpc) is 3.50. The summed E-state index contributed by atoms with van der Waals surface area (Å²) in [4.78, 5) is 11.1. The first-order chi connectivity index (χ1) is 16.3. The van der Waals surface area contributed by atoms with Gasteiger partial charge in [0.2, 0.25) is 0 Å². The number of anilines is 2. The summed E-state index contributed by atoms with van der Waals surface area (Å²) in [6.07, 6.45) is 2.53. The molecule has 5 N–H and O–H groups in total. The Kier molecular flexibility index (Phi) is 4.55. The number of likely N-dealkylation sites (N-methyl/N-ethyl adjacent to an activating group) is 1. The first-order valence-electron chi connectivity index (χ1n) is 11.5. The maximum absolute atomic E-state index is 6.66. The van der Waals surface area contributed by atoms with Crippen LogP contribution < -0.4 is 21.5 Å². The van der Waals surface area contributed by atoms with E-state index in [1.807, 2.05) is 41.9 Å². The molecule has 174 valence electrons. The fraction of sp³-hybridized carbons (Fsp3) is 0.320. The minimum absolute atomic E-state index is 0.253. The summed E-state index contributed by atoms with van der Waals surface area (Å²) in [5, 5.41) is 9.09. The Bertz CT molecular complexity index is 1410. The summed E-state index contributed by atoms with van der Waals surface area (Å²) >= 11 is 0. The molecule has 2 atom stereocenters. The smallest absolute Gasteiger partial charge is 0.263 e. The van der Waals surface area contributed by atoms with Gasteiger partial charge in [-0.2, -0.15) is 5.10 Å². The SMILES string of the molecule is Cc1cc(C)c2c(c1)NC(N)(c1ccc(-c3nn([C@H]4CCN(C)C4)c4ncnc(N)c34)cc1)O2. The predicted octanol–water partition coefficient (Wildman–Crippen LogP) is 3.14. The second-order valence-electron chi connectivity index (χ2n) is 9.45. The van der Waals surface area contributed by atoms with Gasteiger partial charge in [-0.05, 0) is 44.5 Å². The van der Waals surface area contributed by atoms with E-state index >= 15 is 0 Å². The van der Waals surface area contributed by atoms with Gasteiger partial charge in [0.1, 0.15) is 17.8 Å². The van der Waals surface area contributed by atoms with Crippen molar-refractivity contribution >= 4 is 22.5 Å². The molecule has 1 unspecified atom stereocenters. The number of nitrogens with two attached hydrogens (primary N) is 2. The Balaban J connectivity index is 1.38. The molecule has 0 amide bonds. The molecule has 1 saturated heterocycles. The van der Waals surface area contributed by atoms with Crippen LogP contribution in [0.25, 0.3) is 22.3 Å². The van der Waals surface area contributed by atoms with E-state index in [2.05, 4.69) is 40.2 Å². The monoisotopic (exact) mass is 456 g/mol. The number of benzene rings is 2. The van der Waals surface area contributed by atoms with Gasteiger partial charge in [-0.15, -0.1) is 0 Å². The first kappa shape index (κ1) is 20.9. The second-order valence-corrected chi connectivity index (χ2v) is 9.45. The van der Waals surface area contributed by atoms with Gasteiger partial charge in [-0.1, -0.05) is 30.3 Å². The number of nitrogens with one attached hydrogen (secondary N) is 1. The lowest BCUT2D eigenvalue weighted by Crippen LogP contribution is -2.46. The van der Waals surface area contributed by atoms with E-state index in [0.29, 0.717) is 5.82 Å². The molecular weight excluding hydrogens is 428 g/mol. The quantitative estimate of drug-likeness (QED) is 0.430. The normalized spacial score (nSPS) is 22.1. The first-order valence-corrected chi connectivity index (χ1v) is 11.5. The number of fused-ring (bicyclic) bond motifs is 2. The number of rotatable bonds is 3. The largest absolute Gasteiger partial charge is 0.448 e. The molecule has 2 aromatic carbocycles. The number of ether oxygens (including phenoxy) is 1. The molecule has 0 aliphatic carbocycles. The van der Waals surface area contributed by atoms with E-state index in [0.717, 1.165) is 69.9 Å². The van der Waals surface area contributed by atoms with Gasteiger partial charge in [0.05, 0.1) is 17.1 Å². The summed E-state index contributed by atoms with van der Waals surface area (Å²) in [6, 6.07) is 12.3. The van der Waals surface area contributed by atoms with Crippen LogP contribution in [0.3, 0.4) is 0 Å². The van der Waals surface area contributed by atoms with E-state index < -0.39 is 5.85 Å². The van der Waals surface area contributed by atoms with Crippen LogP contribution in [0.1, 0.15) is 29.2 Å². The molecule has 9 heteroatoms. The topological polar surface area (TPSA) is 120 Å². The van der Waals surface area contributed by atoms with Crippen LogP contribution in [0.15, 0.2) is 42.7 Å². The van der Waals surface area contributed by atoms with Crippen molar-refractivity contribution < 1.29 is 4.74 Å². The highest BCUT2D eigenvalue weighted by Crippen LogP contribution is 2.42. The van der Waals surface area contributed by atoms with Crippen molar-refractivity contribution in [2.75, 3.05) is 31.2 Å². The van der Waals surface area contributed by atoms with Gasteiger partial charge in [-0.3, -0.25) is 5.73 Å². The Labute approximate surface area is 197 Å². The highest BCUT2D eigenvalue weighted by molar-refractivity contribution is 5.98. The lowest BCUT2D eigenvalue weighted by atomic mass is 10.0. The fourth-order valence-corrected chi connectivity index (χ4v) is 5.14. The maximum atomic E-state index is 6.66. The summed E-state index contributed by atoms with van der Waals surface area (Å²) in [5.74, 6) is 0.0738. The summed E-state index contributed by atoms with van der Waals surface area (Å²) in [5.41, 5.74) is 19.3. The van der Waals surface area contributed by atoms with Crippen LogP contribution in [0, 0.1) is 13.8 Å². The fourth-order valence-electron chi connectivity index (χ4n) is 5.14. The standard InChI is InChI=1S/C25H28N8O/c1-14-10-15(2)22-19(11-14)30-25(27,34-22)17-6-4-16(5-7-17)21-20-23(26)28-13-29-24(20)33(31-21)18-8-9-32(3)12-18/h4-7,10-11,13,18,30H,8-9,12,27H2,1-3H3,(H2,26,28,29)/t18-,25?/m0/s1. The number of aryl methyl sites for hydroxylation is 2. The van der Waals surface area contributed by atoms with Crippen molar-refractivity contribution in [3.05, 3.63) is 59.4 Å². The molecule has 0 bridgehead atoms. The summed E-state index contributed by atoms with van der Waals surface area (Å²) in [7, 11) is 2.12. The molecule has 6 rings (SSSR count). The average molecular weight is 457 g/mol. The number of hydrogen-bond acceptors (Lipinski definition) is 8. The van der Waals surface area contributed by atoms with Crippen LogP contribution in [0.2, 0.25) is 0 Å². The third-order valence-electron chi connectivity index (χ3n) is 6.82. The van der Waals surface area contributed by atoms with Crippen LogP contribution in [-0.4, -0.2) is 44.8 Å². The third-order valence-corrected chi connectivity index (χ3v) is 6.82. The maximum Gasteiger partial charge on any atom is 0.263 e. The molecule has 4 aromatic rings. The minimum atomic E-state index is -1.14. The number of hydrogen-bond donors (Lipinski definition) is 3. The zero-order valence-corrected chi connectivity index (χ0v) is 19.5. The Hall–Kier alpha value is -3.69. The lowest BCUT2D eigenvalue weighted by molar-refractivity contribution is 0.125. The van der Waals surface area contributed by atoms with Crippen LogP contribution >= 0.6 is 0 Å². The summed E-state index contributed by atoms with van der Waals surface area (Å²) < 4.78 is 8.19. The van der Waals surface area contributed by atoms with Crippen molar-refractivity contribution in [3.63, 3.8) is 0 Å². The second kappa shape index (κ2) is 7.41. The van der Waals surface area contributed by atoms with Gasteiger partial charge in [-0.25, -0.2) is 14.6 Å².